The van der Waals surface area contributed by atoms with E-state index < -0.39 is 32.6 Å². The first-order valence-electron chi connectivity index (χ1n) is 12.5. The van der Waals surface area contributed by atoms with Crippen molar-refractivity contribution in [2.75, 3.05) is 16.3 Å². The maximum atomic E-state index is 15.0. The number of sulfonamides is 1. The molecule has 0 unspecified atom stereocenters. The van der Waals surface area contributed by atoms with Crippen LogP contribution in [0.15, 0.2) is 56.8 Å². The molecule has 1 saturated carbocycles. The molecule has 39 heavy (non-hydrogen) atoms. The Morgan fingerprint density at radius 1 is 1.05 bits per heavy atom. The van der Waals surface area contributed by atoms with E-state index >= 15 is 0 Å². The van der Waals surface area contributed by atoms with Crippen LogP contribution in [0.1, 0.15) is 36.9 Å². The summed E-state index contributed by atoms with van der Waals surface area (Å²) in [7, 11) is -2.13. The van der Waals surface area contributed by atoms with Crippen LogP contribution in [0.3, 0.4) is 0 Å². The number of halogens is 1. The number of hydrogen-bond acceptors (Lipinski definition) is 6. The van der Waals surface area contributed by atoms with Crippen LogP contribution >= 0.6 is 0 Å². The van der Waals surface area contributed by atoms with Crippen molar-refractivity contribution in [2.45, 2.75) is 39.2 Å². The average molecular weight is 554 g/mol. The second-order valence-electron chi connectivity index (χ2n) is 9.80. The van der Waals surface area contributed by atoms with E-state index in [1.807, 2.05) is 6.92 Å². The minimum Gasteiger partial charge on any atom is -0.338 e. The molecule has 1 fully saturated rings. The Labute approximate surface area is 223 Å². The zero-order valence-corrected chi connectivity index (χ0v) is 22.7. The van der Waals surface area contributed by atoms with E-state index in [9.17, 15) is 27.2 Å². The summed E-state index contributed by atoms with van der Waals surface area (Å²) in [6.07, 6.45) is 2.91. The van der Waals surface area contributed by atoms with E-state index in [0.717, 1.165) is 16.4 Å². The highest BCUT2D eigenvalue weighted by atomic mass is 32.2. The summed E-state index contributed by atoms with van der Waals surface area (Å²) < 4.78 is 44.7. The fraction of sp³-hybridized carbons (Fsp3) is 0.296. The highest BCUT2D eigenvalue weighted by molar-refractivity contribution is 7.92. The van der Waals surface area contributed by atoms with Crippen LogP contribution in [0, 0.1) is 12.7 Å². The maximum Gasteiger partial charge on any atom is 0.336 e. The topological polar surface area (TPSA) is 124 Å². The van der Waals surface area contributed by atoms with Crippen LogP contribution in [0.4, 0.5) is 21.6 Å². The molecule has 0 radical (unpaired) electrons. The molecule has 2 N–H and O–H groups in total. The molecule has 204 valence electrons. The summed E-state index contributed by atoms with van der Waals surface area (Å²) in [5.74, 6) is -0.506. The largest absolute Gasteiger partial charge is 0.338 e. The van der Waals surface area contributed by atoms with Gasteiger partial charge in [-0.05, 0) is 62.1 Å². The van der Waals surface area contributed by atoms with Gasteiger partial charge in [0.1, 0.15) is 17.0 Å². The predicted molar refractivity (Wildman–Crippen MR) is 150 cm³/mol. The molecule has 0 aliphatic heterocycles. The zero-order valence-electron chi connectivity index (χ0n) is 21.9. The molecule has 2 heterocycles. The molecule has 0 bridgehead atoms. The summed E-state index contributed by atoms with van der Waals surface area (Å²) >= 11 is 0. The Morgan fingerprint density at radius 2 is 1.77 bits per heavy atom. The second-order valence-corrected chi connectivity index (χ2v) is 11.6. The molecule has 1 aliphatic rings. The number of rotatable bonds is 7. The molecule has 1 aliphatic carbocycles. The van der Waals surface area contributed by atoms with Crippen molar-refractivity contribution in [2.24, 2.45) is 7.05 Å². The number of hydrogen-bond donors (Lipinski definition) is 2. The molecule has 2 aromatic carbocycles. The van der Waals surface area contributed by atoms with Gasteiger partial charge in [0.05, 0.1) is 28.8 Å². The summed E-state index contributed by atoms with van der Waals surface area (Å²) in [4.78, 5) is 41.1. The van der Waals surface area contributed by atoms with Crippen molar-refractivity contribution < 1.29 is 12.8 Å². The van der Waals surface area contributed by atoms with Crippen molar-refractivity contribution in [1.82, 2.24) is 13.7 Å². The van der Waals surface area contributed by atoms with Crippen LogP contribution < -0.4 is 26.8 Å². The molecule has 2 aromatic heterocycles. The van der Waals surface area contributed by atoms with Gasteiger partial charge in [0.2, 0.25) is 10.0 Å². The minimum absolute atomic E-state index is 0.0431. The first kappa shape index (κ1) is 26.4. The summed E-state index contributed by atoms with van der Waals surface area (Å²) in [6.45, 7) is 3.42. The monoisotopic (exact) mass is 553 g/mol. The van der Waals surface area contributed by atoms with Gasteiger partial charge < -0.3 is 5.32 Å². The van der Waals surface area contributed by atoms with Crippen LogP contribution in [0.2, 0.25) is 0 Å². The van der Waals surface area contributed by atoms with Gasteiger partial charge in [-0.1, -0.05) is 19.1 Å². The molecule has 12 heteroatoms. The number of benzene rings is 2. The van der Waals surface area contributed by atoms with Crippen LogP contribution in [0.5, 0.6) is 0 Å². The Kier molecular flexibility index (Phi) is 6.45. The lowest BCUT2D eigenvalue weighted by atomic mass is 10.1. The molecule has 0 saturated heterocycles. The normalized spacial score (nSPS) is 13.6. The van der Waals surface area contributed by atoms with E-state index in [4.69, 9.17) is 0 Å². The van der Waals surface area contributed by atoms with Gasteiger partial charge in [0.15, 0.2) is 0 Å². The Balaban J connectivity index is 1.88. The van der Waals surface area contributed by atoms with Crippen molar-refractivity contribution in [3.05, 3.63) is 90.6 Å². The quantitative estimate of drug-likeness (QED) is 0.362. The van der Waals surface area contributed by atoms with Gasteiger partial charge in [-0.25, -0.2) is 17.6 Å². The summed E-state index contributed by atoms with van der Waals surface area (Å²) in [5.41, 5.74) is -0.204. The molecular formula is C27H28FN5O5S. The van der Waals surface area contributed by atoms with Crippen molar-refractivity contribution in [1.29, 1.82) is 0 Å². The number of aromatic nitrogens is 3. The Morgan fingerprint density at radius 3 is 2.38 bits per heavy atom. The Hall–Kier alpha value is -4.19. The summed E-state index contributed by atoms with van der Waals surface area (Å²) in [5, 5.41) is 2.98. The first-order valence-corrected chi connectivity index (χ1v) is 14.3. The molecular weight excluding hydrogens is 525 g/mol. The first-order chi connectivity index (χ1) is 18.4. The zero-order chi connectivity index (χ0) is 28.2. The molecule has 4 aromatic rings. The van der Waals surface area contributed by atoms with Gasteiger partial charge in [-0.2, -0.15) is 0 Å². The highest BCUT2D eigenvalue weighted by Crippen LogP contribution is 2.34. The summed E-state index contributed by atoms with van der Waals surface area (Å²) in [6, 6.07) is 10.5. The maximum absolute atomic E-state index is 15.0. The van der Waals surface area contributed by atoms with Crippen molar-refractivity contribution in [3.8, 4) is 5.69 Å². The fourth-order valence-corrected chi connectivity index (χ4v) is 5.34. The lowest BCUT2D eigenvalue weighted by Crippen LogP contribution is -2.41. The number of nitrogens with one attached hydrogen (secondary N) is 2. The smallest absolute Gasteiger partial charge is 0.336 e. The van der Waals surface area contributed by atoms with Gasteiger partial charge in [-0.3, -0.25) is 28.0 Å². The minimum atomic E-state index is -3.61. The highest BCUT2D eigenvalue weighted by Gasteiger charge is 2.31. The van der Waals surface area contributed by atoms with Crippen LogP contribution in [-0.2, 0) is 23.5 Å². The standard InChI is InChI=1S/C27H28FN5O5S/c1-5-16-9-12-21(20(28)13-16)29-24-22-23(15(2)25(34)31(24)3)32(27(36)33(26(22)35)18-10-11-18)19-8-6-7-17(14-19)30-39(4,37)38/h6-9,12-14,18,29-30H,5,10-11H2,1-4H3. The van der Waals surface area contributed by atoms with Crippen LogP contribution in [-0.4, -0.2) is 28.4 Å². The van der Waals surface area contributed by atoms with Crippen molar-refractivity contribution >= 4 is 38.1 Å². The number of anilines is 3. The molecule has 0 atom stereocenters. The second kappa shape index (κ2) is 9.53. The van der Waals surface area contributed by atoms with E-state index in [1.165, 1.54) is 41.3 Å². The number of nitrogens with zero attached hydrogens (tertiary/aromatic N) is 3. The Bertz CT molecular complexity index is 1940. The van der Waals surface area contributed by atoms with E-state index in [1.54, 1.807) is 24.3 Å². The van der Waals surface area contributed by atoms with E-state index in [2.05, 4.69) is 10.0 Å². The number of fused-ring (bicyclic) bond motifs is 1. The van der Waals surface area contributed by atoms with E-state index in [-0.39, 0.29) is 45.4 Å². The van der Waals surface area contributed by atoms with Gasteiger partial charge in [0, 0.05) is 18.7 Å². The fourth-order valence-electron chi connectivity index (χ4n) is 4.79. The number of pyridine rings is 1. The molecule has 0 spiro atoms. The molecule has 0 amide bonds. The molecule has 5 rings (SSSR count). The third-order valence-corrected chi connectivity index (χ3v) is 7.46. The lowest BCUT2D eigenvalue weighted by Gasteiger charge is -2.21. The van der Waals surface area contributed by atoms with Gasteiger partial charge >= 0.3 is 5.69 Å². The van der Waals surface area contributed by atoms with E-state index in [0.29, 0.717) is 19.3 Å². The third-order valence-electron chi connectivity index (χ3n) is 6.86. The average Bonchev–Trinajstić information content (AvgIpc) is 3.70. The lowest BCUT2D eigenvalue weighted by molar-refractivity contribution is 0.607. The third kappa shape index (κ3) is 4.76. The number of aryl methyl sites for hydroxylation is 2. The van der Waals surface area contributed by atoms with Crippen LogP contribution in [0.25, 0.3) is 16.6 Å². The predicted octanol–water partition coefficient (Wildman–Crippen LogP) is 3.31. The van der Waals surface area contributed by atoms with Gasteiger partial charge in [-0.15, -0.1) is 0 Å². The SMILES string of the molecule is CCc1ccc(Nc2c3c(=O)n(C4CC4)c(=O)n(-c4cccc(NS(C)(=O)=O)c4)c3c(C)c(=O)n2C)c(F)c1. The van der Waals surface area contributed by atoms with Gasteiger partial charge in [0.25, 0.3) is 11.1 Å². The molecule has 10 nitrogen and oxygen atoms in total. The van der Waals surface area contributed by atoms with Crippen molar-refractivity contribution in [3.63, 3.8) is 0 Å².